The maximum Gasteiger partial charge on any atom is 0.304 e. The number of hydrogen-bond donors (Lipinski definition) is 2. The fourth-order valence-corrected chi connectivity index (χ4v) is 4.33. The quantitative estimate of drug-likeness (QED) is 0.841. The number of carboxylic acid groups (broad SMARTS) is 1. The van der Waals surface area contributed by atoms with Crippen LogP contribution in [0.3, 0.4) is 0 Å². The van der Waals surface area contributed by atoms with E-state index in [0.29, 0.717) is 11.1 Å². The Labute approximate surface area is 123 Å². The third-order valence-electron chi connectivity index (χ3n) is 3.59. The van der Waals surface area contributed by atoms with Crippen molar-refractivity contribution in [1.29, 1.82) is 0 Å². The second-order valence-corrected chi connectivity index (χ2v) is 7.18. The molecular formula is C14H18FNO4S. The van der Waals surface area contributed by atoms with Gasteiger partial charge in [-0.05, 0) is 55.9 Å². The van der Waals surface area contributed by atoms with Crippen LogP contribution in [0, 0.1) is 25.6 Å². The van der Waals surface area contributed by atoms with E-state index in [2.05, 4.69) is 4.72 Å². The predicted octanol–water partition coefficient (Wildman–Crippen LogP) is 1.97. The molecule has 1 fully saturated rings. The Balaban J connectivity index is 2.31. The van der Waals surface area contributed by atoms with Gasteiger partial charge in [0, 0.05) is 6.04 Å². The fraction of sp³-hybridized carbons (Fsp3) is 0.500. The number of nitrogens with one attached hydrogen (secondary N) is 1. The third kappa shape index (κ3) is 3.79. The second kappa shape index (κ2) is 5.73. The lowest BCUT2D eigenvalue weighted by Crippen LogP contribution is -2.38. The van der Waals surface area contributed by atoms with Gasteiger partial charge < -0.3 is 5.11 Å². The van der Waals surface area contributed by atoms with Gasteiger partial charge in [0.2, 0.25) is 10.0 Å². The zero-order valence-corrected chi connectivity index (χ0v) is 12.7. The van der Waals surface area contributed by atoms with Crippen LogP contribution in [0.25, 0.3) is 0 Å². The molecule has 0 unspecified atom stereocenters. The summed E-state index contributed by atoms with van der Waals surface area (Å²) >= 11 is 0. The average Bonchev–Trinajstić information content (AvgIpc) is 3.07. The van der Waals surface area contributed by atoms with Crippen molar-refractivity contribution >= 4 is 16.0 Å². The van der Waals surface area contributed by atoms with E-state index >= 15 is 0 Å². The van der Waals surface area contributed by atoms with E-state index in [1.807, 2.05) is 0 Å². The van der Waals surface area contributed by atoms with E-state index in [9.17, 15) is 17.6 Å². The second-order valence-electron chi connectivity index (χ2n) is 5.53. The summed E-state index contributed by atoms with van der Waals surface area (Å²) in [7, 11) is -3.87. The third-order valence-corrected chi connectivity index (χ3v) is 5.38. The number of hydrogen-bond acceptors (Lipinski definition) is 3. The highest BCUT2D eigenvalue weighted by Gasteiger charge is 2.36. The van der Waals surface area contributed by atoms with Gasteiger partial charge in [0.25, 0.3) is 0 Å². The minimum absolute atomic E-state index is 0.0277. The molecule has 0 aromatic heterocycles. The average molecular weight is 315 g/mol. The van der Waals surface area contributed by atoms with Crippen LogP contribution >= 0.6 is 0 Å². The van der Waals surface area contributed by atoms with Crippen molar-refractivity contribution in [3.8, 4) is 0 Å². The Hall–Kier alpha value is -1.47. The lowest BCUT2D eigenvalue weighted by molar-refractivity contribution is -0.137. The SMILES string of the molecule is Cc1cc(F)cc(C)c1S(=O)(=O)N[C@@H](CC(=O)O)C1CC1. The molecule has 1 aliphatic carbocycles. The van der Waals surface area contributed by atoms with Gasteiger partial charge in [-0.2, -0.15) is 0 Å². The molecule has 1 atom stereocenters. The summed E-state index contributed by atoms with van der Waals surface area (Å²) < 4.78 is 40.7. The lowest BCUT2D eigenvalue weighted by Gasteiger charge is -2.18. The largest absolute Gasteiger partial charge is 0.481 e. The summed E-state index contributed by atoms with van der Waals surface area (Å²) in [5, 5.41) is 8.89. The number of benzene rings is 1. The summed E-state index contributed by atoms with van der Waals surface area (Å²) in [6.45, 7) is 3.04. The molecule has 2 rings (SSSR count). The van der Waals surface area contributed by atoms with Gasteiger partial charge in [0.15, 0.2) is 0 Å². The Bertz CT molecular complexity index is 645. The van der Waals surface area contributed by atoms with Crippen LogP contribution in [0.4, 0.5) is 4.39 Å². The molecule has 0 spiro atoms. The molecule has 1 aromatic rings. The lowest BCUT2D eigenvalue weighted by atomic mass is 10.1. The van der Waals surface area contributed by atoms with Crippen LogP contribution in [-0.4, -0.2) is 25.5 Å². The first-order valence-corrected chi connectivity index (χ1v) is 8.20. The molecule has 0 bridgehead atoms. The molecule has 0 saturated heterocycles. The highest BCUT2D eigenvalue weighted by Crippen LogP contribution is 2.35. The van der Waals surface area contributed by atoms with Gasteiger partial charge in [-0.1, -0.05) is 0 Å². The van der Waals surface area contributed by atoms with Gasteiger partial charge in [-0.3, -0.25) is 4.79 Å². The van der Waals surface area contributed by atoms with E-state index < -0.39 is 27.9 Å². The normalized spacial score (nSPS) is 16.7. The Morgan fingerprint density at radius 2 is 1.90 bits per heavy atom. The van der Waals surface area contributed by atoms with E-state index in [1.54, 1.807) is 0 Å². The molecule has 0 amide bonds. The monoisotopic (exact) mass is 315 g/mol. The minimum atomic E-state index is -3.87. The van der Waals surface area contributed by atoms with Gasteiger partial charge >= 0.3 is 5.97 Å². The molecule has 7 heteroatoms. The van der Waals surface area contributed by atoms with E-state index in [0.717, 1.165) is 25.0 Å². The van der Waals surface area contributed by atoms with E-state index in [1.165, 1.54) is 13.8 Å². The van der Waals surface area contributed by atoms with Crippen LogP contribution in [0.5, 0.6) is 0 Å². The summed E-state index contributed by atoms with van der Waals surface area (Å²) in [4.78, 5) is 10.9. The maximum absolute atomic E-state index is 13.3. The summed E-state index contributed by atoms with van der Waals surface area (Å²) in [5.74, 6) is -1.47. The fourth-order valence-electron chi connectivity index (χ4n) is 2.57. The van der Waals surface area contributed by atoms with Gasteiger partial charge in [0.1, 0.15) is 5.82 Å². The van der Waals surface area contributed by atoms with Crippen molar-refractivity contribution in [2.45, 2.75) is 44.0 Å². The van der Waals surface area contributed by atoms with Crippen molar-refractivity contribution in [3.05, 3.63) is 29.1 Å². The highest BCUT2D eigenvalue weighted by atomic mass is 32.2. The van der Waals surface area contributed by atoms with Crippen LogP contribution in [0.15, 0.2) is 17.0 Å². The number of aliphatic carboxylic acids is 1. The molecule has 0 radical (unpaired) electrons. The van der Waals surface area contributed by atoms with Crippen molar-refractivity contribution in [1.82, 2.24) is 4.72 Å². The van der Waals surface area contributed by atoms with Crippen LogP contribution in [-0.2, 0) is 14.8 Å². The van der Waals surface area contributed by atoms with Crippen molar-refractivity contribution in [2.75, 3.05) is 0 Å². The van der Waals surface area contributed by atoms with Gasteiger partial charge in [-0.15, -0.1) is 0 Å². The zero-order valence-electron chi connectivity index (χ0n) is 11.9. The number of sulfonamides is 1. The molecule has 0 aliphatic heterocycles. The first-order chi connectivity index (χ1) is 9.70. The summed E-state index contributed by atoms with van der Waals surface area (Å²) in [6.07, 6.45) is 1.40. The smallest absolute Gasteiger partial charge is 0.304 e. The van der Waals surface area contributed by atoms with Gasteiger partial charge in [-0.25, -0.2) is 17.5 Å². The van der Waals surface area contributed by atoms with Crippen molar-refractivity contribution in [2.24, 2.45) is 5.92 Å². The minimum Gasteiger partial charge on any atom is -0.481 e. The van der Waals surface area contributed by atoms with Gasteiger partial charge in [0.05, 0.1) is 11.3 Å². The molecule has 116 valence electrons. The number of rotatable bonds is 6. The molecule has 1 aromatic carbocycles. The highest BCUT2D eigenvalue weighted by molar-refractivity contribution is 7.89. The Kier molecular flexibility index (Phi) is 4.34. The molecule has 1 aliphatic rings. The van der Waals surface area contributed by atoms with Crippen LogP contribution in [0.2, 0.25) is 0 Å². The first kappa shape index (κ1) is 15.9. The molecular weight excluding hydrogens is 297 g/mol. The molecule has 5 nitrogen and oxygen atoms in total. The Morgan fingerprint density at radius 1 is 1.38 bits per heavy atom. The topological polar surface area (TPSA) is 83.5 Å². The molecule has 1 saturated carbocycles. The zero-order chi connectivity index (χ0) is 15.8. The first-order valence-electron chi connectivity index (χ1n) is 6.71. The van der Waals surface area contributed by atoms with E-state index in [-0.39, 0.29) is 17.2 Å². The van der Waals surface area contributed by atoms with Crippen molar-refractivity contribution in [3.63, 3.8) is 0 Å². The van der Waals surface area contributed by atoms with Crippen molar-refractivity contribution < 1.29 is 22.7 Å². The number of carboxylic acids is 1. The van der Waals surface area contributed by atoms with E-state index in [4.69, 9.17) is 5.11 Å². The number of carbonyl (C=O) groups is 1. The predicted molar refractivity (Wildman–Crippen MR) is 75.0 cm³/mol. The van der Waals surface area contributed by atoms with Crippen LogP contribution < -0.4 is 4.72 Å². The molecule has 2 N–H and O–H groups in total. The summed E-state index contributed by atoms with van der Waals surface area (Å²) in [5.41, 5.74) is 0.620. The number of aryl methyl sites for hydroxylation is 2. The number of halogens is 1. The maximum atomic E-state index is 13.3. The standard InChI is InChI=1S/C14H18FNO4S/c1-8-5-11(15)6-9(2)14(8)21(19,20)16-12(7-13(17)18)10-3-4-10/h5-6,10,12,16H,3-4,7H2,1-2H3,(H,17,18)/t12-/m0/s1. The molecule has 0 heterocycles. The Morgan fingerprint density at radius 3 is 2.33 bits per heavy atom. The molecule has 21 heavy (non-hydrogen) atoms. The van der Waals surface area contributed by atoms with Crippen LogP contribution in [0.1, 0.15) is 30.4 Å². The summed E-state index contributed by atoms with van der Waals surface area (Å²) in [6, 6.07) is 1.70.